The molecule has 10 heteroatoms. The van der Waals surface area contributed by atoms with Crippen LogP contribution in [0.15, 0.2) is 77.3 Å². The molecule has 9 nitrogen and oxygen atoms in total. The minimum absolute atomic E-state index is 0.172. The summed E-state index contributed by atoms with van der Waals surface area (Å²) in [6, 6.07) is 20.3. The third-order valence-electron chi connectivity index (χ3n) is 4.76. The molecule has 0 saturated carbocycles. The van der Waals surface area contributed by atoms with Gasteiger partial charge in [-0.15, -0.1) is 15.3 Å². The van der Waals surface area contributed by atoms with E-state index in [0.29, 0.717) is 28.7 Å². The van der Waals surface area contributed by atoms with Gasteiger partial charge in [-0.25, -0.2) is 4.39 Å². The lowest BCUT2D eigenvalue weighted by Gasteiger charge is -2.07. The number of carbonyl (C=O) groups excluding carboxylic acids is 1. The van der Waals surface area contributed by atoms with Gasteiger partial charge in [-0.05, 0) is 18.2 Å². The van der Waals surface area contributed by atoms with Crippen LogP contribution in [0.3, 0.4) is 0 Å². The van der Waals surface area contributed by atoms with Crippen molar-refractivity contribution in [1.82, 2.24) is 30.3 Å². The largest absolute Gasteiger partial charge is 0.475 e. The SMILES string of the molecule is O=C(NCCOc1ccc2nnc(-c3cccc(F)c3)n2n1)c1cc(-c2ccccc2)on1. The minimum Gasteiger partial charge on any atom is -0.475 e. The molecule has 5 aromatic rings. The first-order chi connectivity index (χ1) is 16.2. The Bertz CT molecular complexity index is 1420. The number of carbonyl (C=O) groups is 1. The molecule has 2 aromatic carbocycles. The van der Waals surface area contributed by atoms with E-state index in [1.807, 2.05) is 30.3 Å². The highest BCUT2D eigenvalue weighted by molar-refractivity contribution is 5.93. The van der Waals surface area contributed by atoms with Gasteiger partial charge >= 0.3 is 0 Å². The fourth-order valence-corrected chi connectivity index (χ4v) is 3.19. The molecular weight excluding hydrogens is 427 g/mol. The third kappa shape index (κ3) is 4.40. The zero-order chi connectivity index (χ0) is 22.6. The number of aromatic nitrogens is 5. The topological polar surface area (TPSA) is 107 Å². The van der Waals surface area contributed by atoms with E-state index in [-0.39, 0.29) is 30.6 Å². The summed E-state index contributed by atoms with van der Waals surface area (Å²) in [5, 5.41) is 19.0. The first-order valence-corrected chi connectivity index (χ1v) is 10.1. The van der Waals surface area contributed by atoms with Gasteiger partial charge < -0.3 is 14.6 Å². The Morgan fingerprint density at radius 2 is 1.85 bits per heavy atom. The minimum atomic E-state index is -0.379. The quantitative estimate of drug-likeness (QED) is 0.383. The van der Waals surface area contributed by atoms with Crippen molar-refractivity contribution in [3.8, 4) is 28.6 Å². The standard InChI is InChI=1S/C23H17FN6O3/c24-17-8-4-7-16(13-17)22-27-26-20-9-10-21(28-30(20)22)32-12-11-25-23(31)18-14-19(33-29-18)15-5-2-1-3-6-15/h1-10,13-14H,11-12H2,(H,25,31). The first-order valence-electron chi connectivity index (χ1n) is 10.1. The van der Waals surface area contributed by atoms with Gasteiger partial charge in [0.15, 0.2) is 22.9 Å². The molecule has 164 valence electrons. The molecule has 3 heterocycles. The lowest BCUT2D eigenvalue weighted by molar-refractivity contribution is 0.0937. The fraction of sp³-hybridized carbons (Fsp3) is 0.0870. The number of nitrogens with zero attached hydrogens (tertiary/aromatic N) is 5. The van der Waals surface area contributed by atoms with E-state index in [1.54, 1.807) is 30.3 Å². The second-order valence-corrected chi connectivity index (χ2v) is 7.02. The lowest BCUT2D eigenvalue weighted by Crippen LogP contribution is -2.28. The number of hydrogen-bond donors (Lipinski definition) is 1. The molecule has 1 amide bonds. The predicted molar refractivity (Wildman–Crippen MR) is 116 cm³/mol. The molecular formula is C23H17FN6O3. The van der Waals surface area contributed by atoms with Crippen LogP contribution in [-0.2, 0) is 0 Å². The Morgan fingerprint density at radius 3 is 2.70 bits per heavy atom. The molecule has 0 bridgehead atoms. The number of rotatable bonds is 7. The smallest absolute Gasteiger partial charge is 0.273 e. The zero-order valence-corrected chi connectivity index (χ0v) is 17.2. The second-order valence-electron chi connectivity index (χ2n) is 7.02. The van der Waals surface area contributed by atoms with Gasteiger partial charge in [0.05, 0.1) is 6.54 Å². The fourth-order valence-electron chi connectivity index (χ4n) is 3.19. The van der Waals surface area contributed by atoms with Crippen LogP contribution >= 0.6 is 0 Å². The summed E-state index contributed by atoms with van der Waals surface area (Å²) in [6.07, 6.45) is 0. The van der Waals surface area contributed by atoms with Crippen LogP contribution in [0.2, 0.25) is 0 Å². The van der Waals surface area contributed by atoms with E-state index in [9.17, 15) is 9.18 Å². The maximum Gasteiger partial charge on any atom is 0.273 e. The maximum absolute atomic E-state index is 13.6. The van der Waals surface area contributed by atoms with Crippen molar-refractivity contribution >= 4 is 11.6 Å². The van der Waals surface area contributed by atoms with Crippen molar-refractivity contribution in [2.24, 2.45) is 0 Å². The van der Waals surface area contributed by atoms with Crippen molar-refractivity contribution in [3.05, 3.63) is 84.3 Å². The van der Waals surface area contributed by atoms with Crippen LogP contribution in [0, 0.1) is 5.82 Å². The molecule has 1 N–H and O–H groups in total. The second kappa shape index (κ2) is 8.87. The van der Waals surface area contributed by atoms with Crippen LogP contribution in [0.25, 0.3) is 28.4 Å². The van der Waals surface area contributed by atoms with Crippen molar-refractivity contribution < 1.29 is 18.4 Å². The summed E-state index contributed by atoms with van der Waals surface area (Å²) in [6.45, 7) is 0.399. The molecule has 0 aliphatic carbocycles. The zero-order valence-electron chi connectivity index (χ0n) is 17.2. The van der Waals surface area contributed by atoms with Gasteiger partial charge in [0.1, 0.15) is 12.4 Å². The van der Waals surface area contributed by atoms with E-state index in [0.717, 1.165) is 5.56 Å². The molecule has 0 aliphatic rings. The van der Waals surface area contributed by atoms with Gasteiger partial charge in [0, 0.05) is 23.3 Å². The van der Waals surface area contributed by atoms with Crippen molar-refractivity contribution in [1.29, 1.82) is 0 Å². The Labute approximate surface area is 186 Å². The molecule has 5 rings (SSSR count). The van der Waals surface area contributed by atoms with Crippen LogP contribution in [0.1, 0.15) is 10.5 Å². The molecule has 0 aliphatic heterocycles. The molecule has 3 aromatic heterocycles. The molecule has 0 radical (unpaired) electrons. The number of benzene rings is 2. The highest BCUT2D eigenvalue weighted by atomic mass is 19.1. The van der Waals surface area contributed by atoms with Crippen LogP contribution in [0.5, 0.6) is 5.88 Å². The van der Waals surface area contributed by atoms with Gasteiger partial charge in [-0.3, -0.25) is 4.79 Å². The van der Waals surface area contributed by atoms with Crippen LogP contribution < -0.4 is 10.1 Å². The Hall–Kier alpha value is -4.60. The highest BCUT2D eigenvalue weighted by Gasteiger charge is 2.14. The molecule has 0 unspecified atom stereocenters. The molecule has 0 spiro atoms. The average molecular weight is 444 g/mol. The maximum atomic E-state index is 13.6. The van der Waals surface area contributed by atoms with Crippen molar-refractivity contribution in [2.75, 3.05) is 13.2 Å². The monoisotopic (exact) mass is 444 g/mol. The van der Waals surface area contributed by atoms with Gasteiger partial charge in [-0.1, -0.05) is 47.6 Å². The van der Waals surface area contributed by atoms with E-state index in [1.165, 1.54) is 16.6 Å². The van der Waals surface area contributed by atoms with E-state index in [2.05, 4.69) is 25.8 Å². The Morgan fingerprint density at radius 1 is 1.00 bits per heavy atom. The normalized spacial score (nSPS) is 10.9. The average Bonchev–Trinajstić information content (AvgIpc) is 3.50. The summed E-state index contributed by atoms with van der Waals surface area (Å²) >= 11 is 0. The van der Waals surface area contributed by atoms with Crippen LogP contribution in [0.4, 0.5) is 4.39 Å². The summed E-state index contributed by atoms with van der Waals surface area (Å²) < 4.78 is 25.9. The van der Waals surface area contributed by atoms with Gasteiger partial charge in [-0.2, -0.15) is 4.52 Å². The number of ether oxygens (including phenoxy) is 1. The van der Waals surface area contributed by atoms with E-state index < -0.39 is 0 Å². The summed E-state index contributed by atoms with van der Waals surface area (Å²) in [7, 11) is 0. The van der Waals surface area contributed by atoms with Gasteiger partial charge in [0.2, 0.25) is 5.88 Å². The lowest BCUT2D eigenvalue weighted by atomic mass is 10.1. The first kappa shape index (κ1) is 20.3. The number of fused-ring (bicyclic) bond motifs is 1. The third-order valence-corrected chi connectivity index (χ3v) is 4.76. The molecule has 33 heavy (non-hydrogen) atoms. The number of hydrogen-bond acceptors (Lipinski definition) is 7. The number of halogens is 1. The summed E-state index contributed by atoms with van der Waals surface area (Å²) in [4.78, 5) is 12.3. The predicted octanol–water partition coefficient (Wildman–Crippen LogP) is 3.39. The summed E-state index contributed by atoms with van der Waals surface area (Å²) in [5.74, 6) is 0.457. The highest BCUT2D eigenvalue weighted by Crippen LogP contribution is 2.21. The Balaban J connectivity index is 1.20. The Kier molecular flexibility index (Phi) is 5.46. The van der Waals surface area contributed by atoms with E-state index in [4.69, 9.17) is 9.26 Å². The summed E-state index contributed by atoms with van der Waals surface area (Å²) in [5.41, 5.74) is 2.05. The van der Waals surface area contributed by atoms with Crippen molar-refractivity contribution in [3.63, 3.8) is 0 Å². The van der Waals surface area contributed by atoms with Crippen molar-refractivity contribution in [2.45, 2.75) is 0 Å². The molecule has 0 atom stereocenters. The van der Waals surface area contributed by atoms with Crippen LogP contribution in [-0.4, -0.2) is 44.0 Å². The van der Waals surface area contributed by atoms with E-state index >= 15 is 0 Å². The number of nitrogens with one attached hydrogen (secondary N) is 1. The number of amides is 1. The van der Waals surface area contributed by atoms with Gasteiger partial charge in [0.25, 0.3) is 5.91 Å². The molecule has 0 saturated heterocycles. The molecule has 0 fully saturated rings.